The molecule has 1 aliphatic rings. The van der Waals surface area contributed by atoms with Crippen molar-refractivity contribution in [1.29, 1.82) is 0 Å². The highest BCUT2D eigenvalue weighted by Gasteiger charge is 2.32. The summed E-state index contributed by atoms with van der Waals surface area (Å²) in [5.74, 6) is -0.0225. The highest BCUT2D eigenvalue weighted by molar-refractivity contribution is 7.89. The van der Waals surface area contributed by atoms with E-state index in [9.17, 15) is 13.2 Å². The summed E-state index contributed by atoms with van der Waals surface area (Å²) in [6.07, 6.45) is 4.56. The lowest BCUT2D eigenvalue weighted by molar-refractivity contribution is 0.313. The summed E-state index contributed by atoms with van der Waals surface area (Å²) in [6.45, 7) is 7.74. The second kappa shape index (κ2) is 7.87. The van der Waals surface area contributed by atoms with Crippen molar-refractivity contribution in [3.63, 3.8) is 0 Å². The SMILES string of the molecule is Cn1c(=O)n(CC(C)(C)C)c2ccc(C3CCCN(S(=O)(=O)c4cccnc4)C3)nc21. The van der Waals surface area contributed by atoms with Crippen molar-refractivity contribution in [2.75, 3.05) is 13.1 Å². The Hall–Kier alpha value is -2.52. The van der Waals surface area contributed by atoms with E-state index in [1.165, 1.54) is 10.5 Å². The van der Waals surface area contributed by atoms with Gasteiger partial charge in [0.1, 0.15) is 4.90 Å². The fourth-order valence-corrected chi connectivity index (χ4v) is 5.68. The summed E-state index contributed by atoms with van der Waals surface area (Å²) in [7, 11) is -1.86. The second-order valence-corrected chi connectivity index (χ2v) is 11.4. The van der Waals surface area contributed by atoms with Gasteiger partial charge < -0.3 is 0 Å². The van der Waals surface area contributed by atoms with E-state index >= 15 is 0 Å². The number of rotatable bonds is 4. The van der Waals surface area contributed by atoms with Gasteiger partial charge in [-0.25, -0.2) is 18.2 Å². The molecule has 0 aromatic carbocycles. The summed E-state index contributed by atoms with van der Waals surface area (Å²) in [6, 6.07) is 7.09. The monoisotopic (exact) mass is 443 g/mol. The number of aryl methyl sites for hydroxylation is 1. The molecule has 1 atom stereocenters. The molecule has 0 bridgehead atoms. The van der Waals surface area contributed by atoms with Gasteiger partial charge in [-0.3, -0.25) is 14.1 Å². The van der Waals surface area contributed by atoms with Crippen LogP contribution in [0.15, 0.2) is 46.3 Å². The number of fused-ring (bicyclic) bond motifs is 1. The Bertz CT molecular complexity index is 1260. The lowest BCUT2D eigenvalue weighted by atomic mass is 9.95. The van der Waals surface area contributed by atoms with Crippen LogP contribution in [0.5, 0.6) is 0 Å². The van der Waals surface area contributed by atoms with Crippen LogP contribution in [-0.4, -0.2) is 44.9 Å². The molecule has 8 nitrogen and oxygen atoms in total. The van der Waals surface area contributed by atoms with Gasteiger partial charge in [0.2, 0.25) is 10.0 Å². The number of imidazole rings is 1. The Morgan fingerprint density at radius 2 is 1.97 bits per heavy atom. The molecule has 0 amide bonds. The van der Waals surface area contributed by atoms with Gasteiger partial charge in [-0.15, -0.1) is 0 Å². The molecule has 166 valence electrons. The molecule has 1 unspecified atom stereocenters. The maximum Gasteiger partial charge on any atom is 0.330 e. The van der Waals surface area contributed by atoms with Crippen LogP contribution >= 0.6 is 0 Å². The van der Waals surface area contributed by atoms with E-state index in [0.29, 0.717) is 25.3 Å². The molecule has 0 radical (unpaired) electrons. The van der Waals surface area contributed by atoms with E-state index in [4.69, 9.17) is 4.98 Å². The van der Waals surface area contributed by atoms with Crippen LogP contribution in [0.1, 0.15) is 45.2 Å². The lowest BCUT2D eigenvalue weighted by Gasteiger charge is -2.31. The highest BCUT2D eigenvalue weighted by Crippen LogP contribution is 2.30. The molecule has 0 saturated carbocycles. The van der Waals surface area contributed by atoms with E-state index in [1.54, 1.807) is 34.5 Å². The minimum atomic E-state index is -3.59. The molecule has 3 aromatic heterocycles. The molecule has 1 fully saturated rings. The largest absolute Gasteiger partial charge is 0.330 e. The minimum Gasteiger partial charge on any atom is -0.290 e. The first-order valence-electron chi connectivity index (χ1n) is 10.5. The third kappa shape index (κ3) is 4.16. The summed E-state index contributed by atoms with van der Waals surface area (Å²) in [4.78, 5) is 21.8. The standard InChI is InChI=1S/C22H29N5O3S/c1-22(2,3)15-27-19-10-9-18(24-20(19)25(4)21(27)28)16-7-6-12-26(14-16)31(29,30)17-8-5-11-23-13-17/h5,8-11,13,16H,6-7,12,14-15H2,1-4H3. The number of hydrogen-bond donors (Lipinski definition) is 0. The van der Waals surface area contributed by atoms with Gasteiger partial charge in [-0.05, 0) is 42.5 Å². The van der Waals surface area contributed by atoms with Crippen molar-refractivity contribution in [3.05, 3.63) is 52.8 Å². The van der Waals surface area contributed by atoms with Crippen molar-refractivity contribution in [2.24, 2.45) is 12.5 Å². The van der Waals surface area contributed by atoms with E-state index < -0.39 is 10.0 Å². The number of hydrogen-bond acceptors (Lipinski definition) is 5. The van der Waals surface area contributed by atoms with Crippen molar-refractivity contribution in [3.8, 4) is 0 Å². The van der Waals surface area contributed by atoms with Crippen LogP contribution in [0.3, 0.4) is 0 Å². The average Bonchev–Trinajstić information content (AvgIpc) is 2.97. The van der Waals surface area contributed by atoms with Crippen LogP contribution in [0.2, 0.25) is 0 Å². The van der Waals surface area contributed by atoms with Crippen molar-refractivity contribution >= 4 is 21.2 Å². The molecule has 4 rings (SSSR count). The summed E-state index contributed by atoms with van der Waals surface area (Å²) < 4.78 is 30.9. The number of sulfonamides is 1. The van der Waals surface area contributed by atoms with Crippen LogP contribution in [0.25, 0.3) is 11.2 Å². The van der Waals surface area contributed by atoms with Gasteiger partial charge in [0.25, 0.3) is 0 Å². The fraction of sp³-hybridized carbons (Fsp3) is 0.500. The van der Waals surface area contributed by atoms with Crippen molar-refractivity contribution in [2.45, 2.75) is 51.0 Å². The van der Waals surface area contributed by atoms with Gasteiger partial charge in [0.15, 0.2) is 5.65 Å². The predicted molar refractivity (Wildman–Crippen MR) is 119 cm³/mol. The molecular weight excluding hydrogens is 414 g/mol. The third-order valence-corrected chi connectivity index (χ3v) is 7.56. The molecule has 0 aliphatic carbocycles. The van der Waals surface area contributed by atoms with Gasteiger partial charge in [0.05, 0.1) is 5.52 Å². The molecule has 1 aliphatic heterocycles. The first-order valence-corrected chi connectivity index (χ1v) is 12.0. The molecule has 1 saturated heterocycles. The van der Waals surface area contributed by atoms with Crippen LogP contribution in [0.4, 0.5) is 0 Å². The zero-order valence-corrected chi connectivity index (χ0v) is 19.3. The Labute approximate surface area is 182 Å². The molecule has 0 spiro atoms. The number of aromatic nitrogens is 4. The van der Waals surface area contributed by atoms with Crippen molar-refractivity contribution in [1.82, 2.24) is 23.4 Å². The maximum absolute atomic E-state index is 13.0. The molecule has 9 heteroatoms. The zero-order chi connectivity index (χ0) is 22.4. The molecule has 0 N–H and O–H groups in total. The minimum absolute atomic E-state index is 0.0225. The first-order chi connectivity index (χ1) is 14.6. The molecule has 3 aromatic rings. The molecule has 31 heavy (non-hydrogen) atoms. The van der Waals surface area contributed by atoms with Crippen LogP contribution in [-0.2, 0) is 23.6 Å². The average molecular weight is 444 g/mol. The molecule has 4 heterocycles. The van der Waals surface area contributed by atoms with Gasteiger partial charge in [-0.2, -0.15) is 4.31 Å². The normalized spacial score (nSPS) is 18.5. The summed E-state index contributed by atoms with van der Waals surface area (Å²) in [5, 5.41) is 0. The van der Waals surface area contributed by atoms with E-state index in [0.717, 1.165) is 24.1 Å². The summed E-state index contributed by atoms with van der Waals surface area (Å²) >= 11 is 0. The van der Waals surface area contributed by atoms with Gasteiger partial charge in [-0.1, -0.05) is 20.8 Å². The molecular formula is C22H29N5O3S. The second-order valence-electron chi connectivity index (χ2n) is 9.46. The number of piperidine rings is 1. The van der Waals surface area contributed by atoms with Gasteiger partial charge >= 0.3 is 5.69 Å². The predicted octanol–water partition coefficient (Wildman–Crippen LogP) is 2.74. The quantitative estimate of drug-likeness (QED) is 0.618. The zero-order valence-electron chi connectivity index (χ0n) is 18.4. The Morgan fingerprint density at radius 1 is 1.19 bits per heavy atom. The highest BCUT2D eigenvalue weighted by atomic mass is 32.2. The summed E-state index contributed by atoms with van der Waals surface area (Å²) in [5.41, 5.74) is 2.14. The van der Waals surface area contributed by atoms with Crippen LogP contribution < -0.4 is 5.69 Å². The lowest BCUT2D eigenvalue weighted by Crippen LogP contribution is -2.39. The first kappa shape index (κ1) is 21.7. The number of pyridine rings is 2. The van der Waals surface area contributed by atoms with Crippen LogP contribution in [0, 0.1) is 5.41 Å². The fourth-order valence-electron chi connectivity index (χ4n) is 4.19. The Kier molecular flexibility index (Phi) is 5.51. The van der Waals surface area contributed by atoms with E-state index in [-0.39, 0.29) is 21.9 Å². The van der Waals surface area contributed by atoms with Crippen molar-refractivity contribution < 1.29 is 8.42 Å². The Morgan fingerprint density at radius 3 is 2.65 bits per heavy atom. The van der Waals surface area contributed by atoms with E-state index in [1.807, 2.05) is 12.1 Å². The van der Waals surface area contributed by atoms with E-state index in [2.05, 4.69) is 25.8 Å². The Balaban J connectivity index is 1.66. The topological polar surface area (TPSA) is 90.1 Å². The number of nitrogens with zero attached hydrogens (tertiary/aromatic N) is 5. The smallest absolute Gasteiger partial charge is 0.290 e. The third-order valence-electron chi connectivity index (χ3n) is 5.71. The maximum atomic E-state index is 13.0. The van der Waals surface area contributed by atoms with Gasteiger partial charge in [0, 0.05) is 50.7 Å².